The van der Waals surface area contributed by atoms with Crippen LogP contribution in [0.2, 0.25) is 0 Å². The zero-order valence-corrected chi connectivity index (χ0v) is 14.2. The third kappa shape index (κ3) is 6.18. The Bertz CT molecular complexity index is 530. The van der Waals surface area contributed by atoms with E-state index in [0.29, 0.717) is 30.3 Å². The first kappa shape index (κ1) is 18.8. The minimum Gasteiger partial charge on any atom is -0.490 e. The van der Waals surface area contributed by atoms with Crippen LogP contribution in [-0.4, -0.2) is 37.7 Å². The highest BCUT2D eigenvalue weighted by Crippen LogP contribution is 2.28. The van der Waals surface area contributed by atoms with Gasteiger partial charge in [0.2, 0.25) is 0 Å². The second kappa shape index (κ2) is 9.71. The van der Waals surface area contributed by atoms with Crippen LogP contribution in [0.15, 0.2) is 18.2 Å². The van der Waals surface area contributed by atoms with Crippen LogP contribution in [0, 0.1) is 0 Å². The zero-order chi connectivity index (χ0) is 17.2. The molecule has 0 saturated carbocycles. The lowest BCUT2D eigenvalue weighted by molar-refractivity contribution is -0.124. The van der Waals surface area contributed by atoms with Crippen LogP contribution >= 0.6 is 0 Å². The first-order valence-corrected chi connectivity index (χ1v) is 7.87. The number of carbonyl (C=O) groups is 2. The molecule has 1 atom stereocenters. The first-order valence-electron chi connectivity index (χ1n) is 7.87. The molecule has 128 valence electrons. The van der Waals surface area contributed by atoms with Crippen molar-refractivity contribution in [2.75, 3.05) is 19.8 Å². The maximum Gasteiger partial charge on any atom is 0.338 e. The Hall–Kier alpha value is -2.24. The summed E-state index contributed by atoms with van der Waals surface area (Å²) in [7, 11) is 0. The highest BCUT2D eigenvalue weighted by molar-refractivity contribution is 5.92. The van der Waals surface area contributed by atoms with Gasteiger partial charge in [-0.1, -0.05) is 6.92 Å². The lowest BCUT2D eigenvalue weighted by Crippen LogP contribution is -2.35. The summed E-state index contributed by atoms with van der Waals surface area (Å²) in [4.78, 5) is 23.7. The van der Waals surface area contributed by atoms with Crippen molar-refractivity contribution in [1.29, 1.82) is 0 Å². The number of rotatable bonds is 9. The van der Waals surface area contributed by atoms with Crippen molar-refractivity contribution >= 4 is 11.9 Å². The van der Waals surface area contributed by atoms with Gasteiger partial charge in [0, 0.05) is 6.04 Å². The summed E-state index contributed by atoms with van der Waals surface area (Å²) in [5.74, 6) is 0.158. The normalized spacial score (nSPS) is 11.5. The molecular weight excluding hydrogens is 298 g/mol. The largest absolute Gasteiger partial charge is 0.490 e. The van der Waals surface area contributed by atoms with Gasteiger partial charge in [0.15, 0.2) is 18.1 Å². The number of hydrogen-bond donors (Lipinski definition) is 1. The topological polar surface area (TPSA) is 73.9 Å². The molecule has 0 aliphatic rings. The van der Waals surface area contributed by atoms with Crippen LogP contribution in [0.25, 0.3) is 0 Å². The molecule has 0 unspecified atom stereocenters. The number of benzene rings is 1. The van der Waals surface area contributed by atoms with E-state index in [9.17, 15) is 9.59 Å². The molecule has 1 aromatic carbocycles. The molecule has 0 fully saturated rings. The van der Waals surface area contributed by atoms with Gasteiger partial charge in [-0.3, -0.25) is 4.79 Å². The molecule has 1 rings (SSSR count). The van der Waals surface area contributed by atoms with Gasteiger partial charge in [-0.2, -0.15) is 0 Å². The number of amides is 1. The summed E-state index contributed by atoms with van der Waals surface area (Å²) >= 11 is 0. The number of hydrogen-bond acceptors (Lipinski definition) is 5. The van der Waals surface area contributed by atoms with Crippen molar-refractivity contribution in [3.8, 4) is 11.5 Å². The first-order chi connectivity index (χ1) is 11.0. The number of ether oxygens (including phenoxy) is 3. The van der Waals surface area contributed by atoms with E-state index in [-0.39, 0.29) is 18.6 Å². The Morgan fingerprint density at radius 3 is 2.35 bits per heavy atom. The molecule has 6 heteroatoms. The summed E-state index contributed by atoms with van der Waals surface area (Å²) in [6.45, 7) is 8.22. The third-order valence-corrected chi connectivity index (χ3v) is 3.13. The minimum atomic E-state index is -0.576. The molecule has 0 aliphatic heterocycles. The summed E-state index contributed by atoms with van der Waals surface area (Å²) in [6, 6.07) is 4.85. The van der Waals surface area contributed by atoms with E-state index >= 15 is 0 Å². The molecule has 1 aromatic rings. The van der Waals surface area contributed by atoms with E-state index < -0.39 is 5.97 Å². The average Bonchev–Trinajstić information content (AvgIpc) is 2.54. The molecule has 6 nitrogen and oxygen atoms in total. The number of carbonyl (C=O) groups excluding carboxylic acids is 2. The van der Waals surface area contributed by atoms with E-state index in [1.165, 1.54) is 0 Å². The molecule has 1 amide bonds. The predicted molar refractivity (Wildman–Crippen MR) is 87.0 cm³/mol. The molecule has 0 aromatic heterocycles. The number of nitrogens with one attached hydrogen (secondary N) is 1. The Morgan fingerprint density at radius 1 is 1.09 bits per heavy atom. The zero-order valence-electron chi connectivity index (χ0n) is 14.2. The maximum atomic E-state index is 12.0. The molecule has 23 heavy (non-hydrogen) atoms. The molecule has 0 saturated heterocycles. The van der Waals surface area contributed by atoms with Gasteiger partial charge in [-0.05, 0) is 45.4 Å². The maximum absolute atomic E-state index is 12.0. The van der Waals surface area contributed by atoms with Crippen LogP contribution in [0.5, 0.6) is 11.5 Å². The summed E-state index contributed by atoms with van der Waals surface area (Å²) in [5, 5.41) is 2.73. The number of esters is 1. The van der Waals surface area contributed by atoms with Gasteiger partial charge in [0.05, 0.1) is 18.8 Å². The molecule has 0 heterocycles. The predicted octanol–water partition coefficient (Wildman–Crippen LogP) is 2.56. The van der Waals surface area contributed by atoms with Gasteiger partial charge < -0.3 is 19.5 Å². The Morgan fingerprint density at radius 2 is 1.74 bits per heavy atom. The smallest absolute Gasteiger partial charge is 0.338 e. The molecule has 0 spiro atoms. The molecule has 0 bridgehead atoms. The van der Waals surface area contributed by atoms with Gasteiger partial charge in [0.1, 0.15) is 0 Å². The molecule has 0 aliphatic carbocycles. The Kier molecular flexibility index (Phi) is 7.94. The monoisotopic (exact) mass is 323 g/mol. The lowest BCUT2D eigenvalue weighted by Gasteiger charge is -2.13. The van der Waals surface area contributed by atoms with Crippen LogP contribution in [-0.2, 0) is 9.53 Å². The second-order valence-corrected chi connectivity index (χ2v) is 4.98. The fourth-order valence-electron chi connectivity index (χ4n) is 1.81. The summed E-state index contributed by atoms with van der Waals surface area (Å²) in [6.07, 6.45) is 0.816. The standard InChI is InChI=1S/C17H25NO5/c1-5-12(4)18-16(19)11-23-17(20)13-8-9-14(21-6-2)15(10-13)22-7-3/h8-10,12H,5-7,11H2,1-4H3,(H,18,19)/t12-/m0/s1. The van der Waals surface area contributed by atoms with E-state index in [1.54, 1.807) is 18.2 Å². The van der Waals surface area contributed by atoms with Crippen LogP contribution in [0.4, 0.5) is 0 Å². The van der Waals surface area contributed by atoms with Gasteiger partial charge in [0.25, 0.3) is 5.91 Å². The molecular formula is C17H25NO5. The summed E-state index contributed by atoms with van der Waals surface area (Å²) in [5.41, 5.74) is 0.313. The fraction of sp³-hybridized carbons (Fsp3) is 0.529. The van der Waals surface area contributed by atoms with Crippen molar-refractivity contribution in [2.24, 2.45) is 0 Å². The van der Waals surface area contributed by atoms with Crippen LogP contribution < -0.4 is 14.8 Å². The van der Waals surface area contributed by atoms with E-state index in [0.717, 1.165) is 6.42 Å². The van der Waals surface area contributed by atoms with E-state index in [2.05, 4.69) is 5.32 Å². The minimum absolute atomic E-state index is 0.0521. The van der Waals surface area contributed by atoms with Crippen LogP contribution in [0.3, 0.4) is 0 Å². The molecule has 1 N–H and O–H groups in total. The SMILES string of the molecule is CCOc1ccc(C(=O)OCC(=O)N[C@@H](C)CC)cc1OCC. The van der Waals surface area contributed by atoms with Crippen molar-refractivity contribution in [3.05, 3.63) is 23.8 Å². The highest BCUT2D eigenvalue weighted by atomic mass is 16.5. The molecule has 0 radical (unpaired) electrons. The lowest BCUT2D eigenvalue weighted by atomic mass is 10.2. The van der Waals surface area contributed by atoms with E-state index in [4.69, 9.17) is 14.2 Å². The second-order valence-electron chi connectivity index (χ2n) is 4.98. The van der Waals surface area contributed by atoms with Crippen molar-refractivity contribution in [1.82, 2.24) is 5.32 Å². The van der Waals surface area contributed by atoms with Gasteiger partial charge in [-0.15, -0.1) is 0 Å². The highest BCUT2D eigenvalue weighted by Gasteiger charge is 2.14. The van der Waals surface area contributed by atoms with Crippen molar-refractivity contribution in [3.63, 3.8) is 0 Å². The fourth-order valence-corrected chi connectivity index (χ4v) is 1.81. The van der Waals surface area contributed by atoms with E-state index in [1.807, 2.05) is 27.7 Å². The Balaban J connectivity index is 2.68. The quantitative estimate of drug-likeness (QED) is 0.707. The van der Waals surface area contributed by atoms with Crippen LogP contribution in [0.1, 0.15) is 44.5 Å². The Labute approximate surface area is 137 Å². The van der Waals surface area contributed by atoms with Crippen molar-refractivity contribution < 1.29 is 23.8 Å². The van der Waals surface area contributed by atoms with Gasteiger partial charge >= 0.3 is 5.97 Å². The third-order valence-electron chi connectivity index (χ3n) is 3.13. The summed E-state index contributed by atoms with van der Waals surface area (Å²) < 4.78 is 15.9. The van der Waals surface area contributed by atoms with Crippen molar-refractivity contribution in [2.45, 2.75) is 40.2 Å². The average molecular weight is 323 g/mol. The van der Waals surface area contributed by atoms with Gasteiger partial charge in [-0.25, -0.2) is 4.79 Å².